The van der Waals surface area contributed by atoms with E-state index >= 15 is 0 Å². The highest BCUT2D eigenvalue weighted by molar-refractivity contribution is 5.94. The fourth-order valence-electron chi connectivity index (χ4n) is 1.86. The maximum atomic E-state index is 11.2. The number of ether oxygens (including phenoxy) is 1. The van der Waals surface area contributed by atoms with E-state index in [0.717, 1.165) is 18.6 Å². The van der Waals surface area contributed by atoms with Crippen LogP contribution in [-0.4, -0.2) is 19.1 Å². The molecular formula is C11H14ClNO2. The molecule has 0 bridgehead atoms. The SMILES string of the molecule is Cl.NC(=O)c1ccccc1[C@@H]1CCOC1. The molecule has 1 aliphatic rings. The second kappa shape index (κ2) is 5.14. The van der Waals surface area contributed by atoms with Gasteiger partial charge in [0.15, 0.2) is 0 Å². The Morgan fingerprint density at radius 3 is 2.73 bits per heavy atom. The van der Waals surface area contributed by atoms with E-state index in [1.807, 2.05) is 18.2 Å². The van der Waals surface area contributed by atoms with Gasteiger partial charge in [-0.1, -0.05) is 18.2 Å². The number of rotatable bonds is 2. The highest BCUT2D eigenvalue weighted by Crippen LogP contribution is 2.27. The van der Waals surface area contributed by atoms with Crippen molar-refractivity contribution in [2.75, 3.05) is 13.2 Å². The van der Waals surface area contributed by atoms with E-state index in [-0.39, 0.29) is 18.3 Å². The third-order valence-corrected chi connectivity index (χ3v) is 2.60. The molecule has 2 N–H and O–H groups in total. The molecule has 4 heteroatoms. The van der Waals surface area contributed by atoms with Gasteiger partial charge in [0.2, 0.25) is 5.91 Å². The minimum Gasteiger partial charge on any atom is -0.381 e. The Bertz CT molecular complexity index is 348. The number of halogens is 1. The van der Waals surface area contributed by atoms with Crippen LogP contribution in [-0.2, 0) is 4.74 Å². The highest BCUT2D eigenvalue weighted by Gasteiger charge is 2.21. The molecule has 1 aliphatic heterocycles. The Morgan fingerprint density at radius 1 is 1.40 bits per heavy atom. The molecule has 15 heavy (non-hydrogen) atoms. The van der Waals surface area contributed by atoms with E-state index in [1.54, 1.807) is 6.07 Å². The lowest BCUT2D eigenvalue weighted by Crippen LogP contribution is -2.15. The number of carbonyl (C=O) groups is 1. The zero-order valence-electron chi connectivity index (χ0n) is 8.31. The number of benzene rings is 1. The molecular weight excluding hydrogens is 214 g/mol. The number of amides is 1. The smallest absolute Gasteiger partial charge is 0.248 e. The quantitative estimate of drug-likeness (QED) is 0.836. The molecule has 0 spiro atoms. The van der Waals surface area contributed by atoms with E-state index in [0.29, 0.717) is 18.1 Å². The summed E-state index contributed by atoms with van der Waals surface area (Å²) in [7, 11) is 0. The van der Waals surface area contributed by atoms with Gasteiger partial charge in [-0.25, -0.2) is 0 Å². The summed E-state index contributed by atoms with van der Waals surface area (Å²) in [5, 5.41) is 0. The molecule has 82 valence electrons. The van der Waals surface area contributed by atoms with Gasteiger partial charge >= 0.3 is 0 Å². The van der Waals surface area contributed by atoms with Crippen LogP contribution in [0.15, 0.2) is 24.3 Å². The second-order valence-electron chi connectivity index (χ2n) is 3.51. The first kappa shape index (κ1) is 12.0. The summed E-state index contributed by atoms with van der Waals surface area (Å²) >= 11 is 0. The lowest BCUT2D eigenvalue weighted by atomic mass is 9.93. The van der Waals surface area contributed by atoms with Crippen molar-refractivity contribution in [3.05, 3.63) is 35.4 Å². The van der Waals surface area contributed by atoms with Crippen molar-refractivity contribution in [2.45, 2.75) is 12.3 Å². The van der Waals surface area contributed by atoms with Gasteiger partial charge in [-0.15, -0.1) is 12.4 Å². The minimum absolute atomic E-state index is 0. The lowest BCUT2D eigenvalue weighted by Gasteiger charge is -2.11. The fraction of sp³-hybridized carbons (Fsp3) is 0.364. The van der Waals surface area contributed by atoms with Gasteiger partial charge in [-0.05, 0) is 18.1 Å². The number of primary amides is 1. The standard InChI is InChI=1S/C11H13NO2.ClH/c12-11(13)10-4-2-1-3-9(10)8-5-6-14-7-8;/h1-4,8H,5-7H2,(H2,12,13);1H/t8-;/m1./s1. The van der Waals surface area contributed by atoms with Crippen molar-refractivity contribution in [3.63, 3.8) is 0 Å². The third-order valence-electron chi connectivity index (χ3n) is 2.60. The van der Waals surface area contributed by atoms with Crippen LogP contribution in [0.25, 0.3) is 0 Å². The average molecular weight is 228 g/mol. The number of hydrogen-bond acceptors (Lipinski definition) is 2. The van der Waals surface area contributed by atoms with Gasteiger partial charge in [0.1, 0.15) is 0 Å². The Morgan fingerprint density at radius 2 is 2.13 bits per heavy atom. The van der Waals surface area contributed by atoms with E-state index in [9.17, 15) is 4.79 Å². The Balaban J connectivity index is 0.00000112. The summed E-state index contributed by atoms with van der Waals surface area (Å²) in [4.78, 5) is 11.2. The van der Waals surface area contributed by atoms with Crippen LogP contribution < -0.4 is 5.73 Å². The van der Waals surface area contributed by atoms with Gasteiger partial charge in [0.05, 0.1) is 6.61 Å². The predicted octanol–water partition coefficient (Wildman–Crippen LogP) is 1.71. The van der Waals surface area contributed by atoms with Gasteiger partial charge in [-0.3, -0.25) is 4.79 Å². The normalized spacial score (nSPS) is 19.6. The molecule has 0 aromatic heterocycles. The Labute approximate surface area is 95.0 Å². The number of nitrogens with two attached hydrogens (primary N) is 1. The maximum absolute atomic E-state index is 11.2. The largest absolute Gasteiger partial charge is 0.381 e. The molecule has 1 aromatic rings. The molecule has 1 amide bonds. The molecule has 3 nitrogen and oxygen atoms in total. The zero-order valence-corrected chi connectivity index (χ0v) is 9.13. The van der Waals surface area contributed by atoms with Gasteiger partial charge in [0, 0.05) is 18.1 Å². The molecule has 1 atom stereocenters. The summed E-state index contributed by atoms with van der Waals surface area (Å²) in [6, 6.07) is 7.49. The lowest BCUT2D eigenvalue weighted by molar-refractivity contribution is 0.0999. The van der Waals surface area contributed by atoms with Crippen molar-refractivity contribution >= 4 is 18.3 Å². The molecule has 1 fully saturated rings. The third kappa shape index (κ3) is 2.49. The van der Waals surface area contributed by atoms with Gasteiger partial charge in [-0.2, -0.15) is 0 Å². The summed E-state index contributed by atoms with van der Waals surface area (Å²) in [6.45, 7) is 1.47. The monoisotopic (exact) mass is 227 g/mol. The minimum atomic E-state index is -0.354. The van der Waals surface area contributed by atoms with Crippen molar-refractivity contribution in [1.82, 2.24) is 0 Å². The summed E-state index contributed by atoms with van der Waals surface area (Å²) in [5.74, 6) is -0.0220. The van der Waals surface area contributed by atoms with Crippen LogP contribution in [0, 0.1) is 0 Å². The molecule has 0 radical (unpaired) electrons. The van der Waals surface area contributed by atoms with Crippen molar-refractivity contribution < 1.29 is 9.53 Å². The van der Waals surface area contributed by atoms with Crippen molar-refractivity contribution in [3.8, 4) is 0 Å². The van der Waals surface area contributed by atoms with Crippen molar-refractivity contribution in [1.29, 1.82) is 0 Å². The average Bonchev–Trinajstić information content (AvgIpc) is 2.70. The topological polar surface area (TPSA) is 52.3 Å². The van der Waals surface area contributed by atoms with Crippen LogP contribution in [0.2, 0.25) is 0 Å². The van der Waals surface area contributed by atoms with Crippen molar-refractivity contribution in [2.24, 2.45) is 5.73 Å². The summed E-state index contributed by atoms with van der Waals surface area (Å²) < 4.78 is 5.29. The van der Waals surface area contributed by atoms with Crippen LogP contribution in [0.4, 0.5) is 0 Å². The molecule has 1 saturated heterocycles. The van der Waals surface area contributed by atoms with Crippen LogP contribution in [0.5, 0.6) is 0 Å². The summed E-state index contributed by atoms with van der Waals surface area (Å²) in [5.41, 5.74) is 6.96. The maximum Gasteiger partial charge on any atom is 0.248 e. The second-order valence-corrected chi connectivity index (χ2v) is 3.51. The van der Waals surface area contributed by atoms with Crippen LogP contribution in [0.1, 0.15) is 28.3 Å². The predicted molar refractivity (Wildman–Crippen MR) is 60.4 cm³/mol. The fourth-order valence-corrected chi connectivity index (χ4v) is 1.86. The van der Waals surface area contributed by atoms with E-state index in [1.165, 1.54) is 0 Å². The molecule has 0 aliphatic carbocycles. The summed E-state index contributed by atoms with van der Waals surface area (Å²) in [6.07, 6.45) is 0.976. The first-order valence-electron chi connectivity index (χ1n) is 4.75. The molecule has 1 aromatic carbocycles. The Hall–Kier alpha value is -1.06. The molecule has 1 heterocycles. The molecule has 0 unspecified atom stereocenters. The van der Waals surface area contributed by atoms with Gasteiger partial charge < -0.3 is 10.5 Å². The first-order valence-corrected chi connectivity index (χ1v) is 4.75. The Kier molecular flexibility index (Phi) is 4.12. The van der Waals surface area contributed by atoms with Crippen LogP contribution in [0.3, 0.4) is 0 Å². The molecule has 0 saturated carbocycles. The number of carbonyl (C=O) groups excluding carboxylic acids is 1. The van der Waals surface area contributed by atoms with E-state index in [2.05, 4.69) is 0 Å². The van der Waals surface area contributed by atoms with E-state index < -0.39 is 0 Å². The van der Waals surface area contributed by atoms with E-state index in [4.69, 9.17) is 10.5 Å². The zero-order chi connectivity index (χ0) is 9.97. The van der Waals surface area contributed by atoms with Crippen LogP contribution >= 0.6 is 12.4 Å². The first-order chi connectivity index (χ1) is 6.79. The number of hydrogen-bond donors (Lipinski definition) is 1. The molecule has 2 rings (SSSR count). The van der Waals surface area contributed by atoms with Gasteiger partial charge in [0.25, 0.3) is 0 Å². The highest BCUT2D eigenvalue weighted by atomic mass is 35.5.